The van der Waals surface area contributed by atoms with Crippen LogP contribution < -0.4 is 5.73 Å². The number of halogens is 1. The molecule has 4 nitrogen and oxygen atoms in total. The van der Waals surface area contributed by atoms with E-state index in [0.717, 1.165) is 16.9 Å². The van der Waals surface area contributed by atoms with Crippen molar-refractivity contribution in [2.75, 3.05) is 5.73 Å². The lowest BCUT2D eigenvalue weighted by Gasteiger charge is -2.02. The molecule has 0 unspecified atom stereocenters. The topological polar surface area (TPSA) is 67.6 Å². The number of fused-ring (bicyclic) bond motifs is 1. The van der Waals surface area contributed by atoms with E-state index in [9.17, 15) is 0 Å². The average molecular weight is 265 g/mol. The fraction of sp³-hybridized carbons (Fsp3) is 0.200. The van der Waals surface area contributed by atoms with Gasteiger partial charge in [0.1, 0.15) is 17.4 Å². The molecule has 2 N–H and O–H groups in total. The SMILES string of the molecule is Cc1nc2c(Br)c(N)c(C#N)cc2n1C. The summed E-state index contributed by atoms with van der Waals surface area (Å²) in [5.41, 5.74) is 8.42. The molecule has 0 radical (unpaired) electrons. The van der Waals surface area contributed by atoms with E-state index in [1.807, 2.05) is 18.5 Å². The highest BCUT2D eigenvalue weighted by Gasteiger charge is 2.13. The molecule has 0 saturated carbocycles. The van der Waals surface area contributed by atoms with Crippen molar-refractivity contribution >= 4 is 32.7 Å². The molecule has 1 heterocycles. The van der Waals surface area contributed by atoms with E-state index in [2.05, 4.69) is 27.0 Å². The largest absolute Gasteiger partial charge is 0.397 e. The maximum absolute atomic E-state index is 8.92. The summed E-state index contributed by atoms with van der Waals surface area (Å²) in [5, 5.41) is 8.92. The van der Waals surface area contributed by atoms with Gasteiger partial charge in [-0.1, -0.05) is 0 Å². The van der Waals surface area contributed by atoms with Crippen LogP contribution in [0.5, 0.6) is 0 Å². The average Bonchev–Trinajstić information content (AvgIpc) is 2.50. The van der Waals surface area contributed by atoms with Gasteiger partial charge in [0.15, 0.2) is 0 Å². The molecule has 0 fully saturated rings. The zero-order valence-electron chi connectivity index (χ0n) is 8.37. The minimum absolute atomic E-state index is 0.447. The van der Waals surface area contributed by atoms with Crippen LogP contribution in [0.2, 0.25) is 0 Å². The van der Waals surface area contributed by atoms with E-state index in [-0.39, 0.29) is 0 Å². The van der Waals surface area contributed by atoms with Crippen LogP contribution in [0.1, 0.15) is 11.4 Å². The van der Waals surface area contributed by atoms with Gasteiger partial charge in [-0.05, 0) is 28.9 Å². The Morgan fingerprint density at radius 3 is 2.87 bits per heavy atom. The Labute approximate surface area is 95.4 Å². The number of rotatable bonds is 0. The first-order valence-electron chi connectivity index (χ1n) is 4.37. The number of nitrogens with two attached hydrogens (primary N) is 1. The maximum atomic E-state index is 8.92. The molecular weight excluding hydrogens is 256 g/mol. The number of aryl methyl sites for hydroxylation is 2. The fourth-order valence-corrected chi connectivity index (χ4v) is 2.01. The molecule has 2 rings (SSSR count). The van der Waals surface area contributed by atoms with Gasteiger partial charge >= 0.3 is 0 Å². The van der Waals surface area contributed by atoms with Gasteiger partial charge < -0.3 is 10.3 Å². The highest BCUT2D eigenvalue weighted by Crippen LogP contribution is 2.32. The third-order valence-electron chi connectivity index (χ3n) is 2.50. The molecule has 0 spiro atoms. The predicted molar refractivity (Wildman–Crippen MR) is 62.3 cm³/mol. The van der Waals surface area contributed by atoms with Crippen LogP contribution in [0.4, 0.5) is 5.69 Å². The summed E-state index contributed by atoms with van der Waals surface area (Å²) >= 11 is 3.37. The third kappa shape index (κ3) is 1.29. The second kappa shape index (κ2) is 3.24. The Balaban J connectivity index is 2.99. The zero-order chi connectivity index (χ0) is 11.2. The molecular formula is C10H9BrN4. The van der Waals surface area contributed by atoms with Crippen molar-refractivity contribution in [3.05, 3.63) is 21.9 Å². The quantitative estimate of drug-likeness (QED) is 0.741. The minimum atomic E-state index is 0.447. The Morgan fingerprint density at radius 2 is 2.27 bits per heavy atom. The molecule has 0 atom stereocenters. The highest BCUT2D eigenvalue weighted by atomic mass is 79.9. The van der Waals surface area contributed by atoms with Crippen LogP contribution in [-0.2, 0) is 7.05 Å². The van der Waals surface area contributed by atoms with Crippen LogP contribution >= 0.6 is 15.9 Å². The van der Waals surface area contributed by atoms with Crippen molar-refractivity contribution in [1.29, 1.82) is 5.26 Å². The summed E-state index contributed by atoms with van der Waals surface area (Å²) < 4.78 is 2.63. The fourth-order valence-electron chi connectivity index (χ4n) is 1.51. The van der Waals surface area contributed by atoms with Crippen LogP contribution in [-0.4, -0.2) is 9.55 Å². The lowest BCUT2D eigenvalue weighted by Crippen LogP contribution is -1.94. The van der Waals surface area contributed by atoms with Gasteiger partial charge in [0, 0.05) is 7.05 Å². The number of anilines is 1. The third-order valence-corrected chi connectivity index (χ3v) is 3.30. The molecule has 2 aromatic rings. The second-order valence-corrected chi connectivity index (χ2v) is 4.14. The smallest absolute Gasteiger partial charge is 0.106 e. The van der Waals surface area contributed by atoms with E-state index in [1.165, 1.54) is 0 Å². The van der Waals surface area contributed by atoms with Crippen LogP contribution in [0.15, 0.2) is 10.5 Å². The number of nitrogen functional groups attached to an aromatic ring is 1. The minimum Gasteiger partial charge on any atom is -0.397 e. The molecule has 0 bridgehead atoms. The zero-order valence-corrected chi connectivity index (χ0v) is 9.96. The summed E-state index contributed by atoms with van der Waals surface area (Å²) in [6, 6.07) is 3.83. The van der Waals surface area contributed by atoms with Crippen molar-refractivity contribution in [1.82, 2.24) is 9.55 Å². The Kier molecular flexibility index (Phi) is 2.16. The summed E-state index contributed by atoms with van der Waals surface area (Å²) in [6.45, 7) is 1.91. The van der Waals surface area contributed by atoms with E-state index in [1.54, 1.807) is 6.07 Å². The molecule has 15 heavy (non-hydrogen) atoms. The summed E-state index contributed by atoms with van der Waals surface area (Å²) in [5.74, 6) is 0.889. The summed E-state index contributed by atoms with van der Waals surface area (Å²) in [7, 11) is 1.91. The molecule has 0 aliphatic rings. The summed E-state index contributed by atoms with van der Waals surface area (Å²) in [4.78, 5) is 4.38. The van der Waals surface area contributed by atoms with Crippen LogP contribution in [0.3, 0.4) is 0 Å². The van der Waals surface area contributed by atoms with E-state index >= 15 is 0 Å². The molecule has 0 amide bonds. The van der Waals surface area contributed by atoms with Gasteiger partial charge in [0.2, 0.25) is 0 Å². The first-order chi connectivity index (χ1) is 7.06. The molecule has 0 aliphatic carbocycles. The maximum Gasteiger partial charge on any atom is 0.106 e. The molecule has 1 aromatic carbocycles. The van der Waals surface area contributed by atoms with Crippen LogP contribution in [0.25, 0.3) is 11.0 Å². The Morgan fingerprint density at radius 1 is 1.60 bits per heavy atom. The first kappa shape index (κ1) is 9.99. The van der Waals surface area contributed by atoms with Crippen molar-refractivity contribution in [3.8, 4) is 6.07 Å². The standard InChI is InChI=1S/C10H9BrN4/c1-5-14-10-7(15(5)2)3-6(4-12)9(13)8(10)11/h3H,13H2,1-2H3. The number of benzene rings is 1. The number of imidazole rings is 1. The monoisotopic (exact) mass is 264 g/mol. The normalized spacial score (nSPS) is 10.5. The molecule has 5 heteroatoms. The number of aromatic nitrogens is 2. The van der Waals surface area contributed by atoms with Gasteiger partial charge in [-0.25, -0.2) is 4.98 Å². The number of nitriles is 1. The molecule has 1 aromatic heterocycles. The van der Waals surface area contributed by atoms with Gasteiger partial charge in [-0.15, -0.1) is 0 Å². The number of nitrogens with zero attached hydrogens (tertiary/aromatic N) is 3. The van der Waals surface area contributed by atoms with Gasteiger partial charge in [-0.2, -0.15) is 5.26 Å². The van der Waals surface area contributed by atoms with Crippen LogP contribution in [0, 0.1) is 18.3 Å². The number of hydrogen-bond acceptors (Lipinski definition) is 3. The molecule has 0 aliphatic heterocycles. The van der Waals surface area contributed by atoms with Crippen molar-refractivity contribution in [3.63, 3.8) is 0 Å². The lowest BCUT2D eigenvalue weighted by atomic mass is 10.2. The Bertz CT molecular complexity index is 592. The van der Waals surface area contributed by atoms with Gasteiger partial charge in [-0.3, -0.25) is 0 Å². The van der Waals surface area contributed by atoms with E-state index in [0.29, 0.717) is 15.7 Å². The van der Waals surface area contributed by atoms with Crippen molar-refractivity contribution < 1.29 is 0 Å². The summed E-state index contributed by atoms with van der Waals surface area (Å²) in [6.07, 6.45) is 0. The first-order valence-corrected chi connectivity index (χ1v) is 5.16. The van der Waals surface area contributed by atoms with E-state index in [4.69, 9.17) is 11.0 Å². The highest BCUT2D eigenvalue weighted by molar-refractivity contribution is 9.10. The van der Waals surface area contributed by atoms with Crippen molar-refractivity contribution in [2.24, 2.45) is 7.05 Å². The Hall–Kier alpha value is -1.54. The predicted octanol–water partition coefficient (Wildman–Crippen LogP) is 2.10. The lowest BCUT2D eigenvalue weighted by molar-refractivity contribution is 0.886. The molecule has 0 saturated heterocycles. The van der Waals surface area contributed by atoms with Crippen molar-refractivity contribution in [2.45, 2.75) is 6.92 Å². The second-order valence-electron chi connectivity index (χ2n) is 3.35. The van der Waals surface area contributed by atoms with Gasteiger partial charge in [0.25, 0.3) is 0 Å². The molecule has 76 valence electrons. The van der Waals surface area contributed by atoms with Gasteiger partial charge in [0.05, 0.1) is 21.2 Å². The number of hydrogen-bond donors (Lipinski definition) is 1. The van der Waals surface area contributed by atoms with E-state index < -0.39 is 0 Å².